The minimum Gasteiger partial charge on any atom is -0.508 e. The largest absolute Gasteiger partial charge is 0.508 e. The molecule has 0 unspecified atom stereocenters. The lowest BCUT2D eigenvalue weighted by Crippen LogP contribution is -2.33. The average molecular weight is 472 g/mol. The number of nitrogens with one attached hydrogen (secondary N) is 1. The van der Waals surface area contributed by atoms with Gasteiger partial charge in [0.1, 0.15) is 17.1 Å². The van der Waals surface area contributed by atoms with Gasteiger partial charge in [-0.1, -0.05) is 42.5 Å². The molecule has 4 N–H and O–H groups in total. The van der Waals surface area contributed by atoms with Gasteiger partial charge in [0, 0.05) is 6.04 Å². The number of ether oxygens (including phenoxy) is 1. The number of hydrogen-bond donors (Lipinski definition) is 4. The van der Waals surface area contributed by atoms with Gasteiger partial charge >= 0.3 is 5.97 Å². The van der Waals surface area contributed by atoms with E-state index < -0.39 is 12.1 Å². The van der Waals surface area contributed by atoms with Crippen molar-refractivity contribution in [2.45, 2.75) is 32.4 Å². The fraction of sp³-hybridized carbons (Fsp3) is 0.269. The van der Waals surface area contributed by atoms with Crippen molar-refractivity contribution in [3.8, 4) is 22.6 Å². The van der Waals surface area contributed by atoms with E-state index in [0.717, 1.165) is 28.7 Å². The molecule has 0 heterocycles. The normalized spacial score (nSPS) is 12.5. The molecule has 3 rings (SSSR count). The zero-order chi connectivity index (χ0) is 23.1. The highest BCUT2D eigenvalue weighted by molar-refractivity contribution is 5.92. The van der Waals surface area contributed by atoms with Crippen LogP contribution in [0.3, 0.4) is 0 Å². The van der Waals surface area contributed by atoms with Crippen LogP contribution in [-0.4, -0.2) is 40.5 Å². The monoisotopic (exact) mass is 471 g/mol. The summed E-state index contributed by atoms with van der Waals surface area (Å²) >= 11 is 0. The highest BCUT2D eigenvalue weighted by atomic mass is 35.5. The summed E-state index contributed by atoms with van der Waals surface area (Å²) in [6.45, 7) is 4.86. The first-order chi connectivity index (χ1) is 15.4. The van der Waals surface area contributed by atoms with E-state index in [2.05, 4.69) is 5.32 Å². The van der Waals surface area contributed by atoms with Gasteiger partial charge in [-0.05, 0) is 73.3 Å². The van der Waals surface area contributed by atoms with Gasteiger partial charge < -0.3 is 25.4 Å². The minimum atomic E-state index is -1.01. The van der Waals surface area contributed by atoms with Gasteiger partial charge in [-0.3, -0.25) is 0 Å². The number of hydrogen-bond acceptors (Lipinski definition) is 5. The Bertz CT molecular complexity index is 1040. The molecule has 0 saturated heterocycles. The van der Waals surface area contributed by atoms with Gasteiger partial charge in [-0.25, -0.2) is 4.79 Å². The molecule has 0 fully saturated rings. The predicted octanol–water partition coefficient (Wildman–Crippen LogP) is 4.83. The summed E-state index contributed by atoms with van der Waals surface area (Å²) in [7, 11) is 0. The summed E-state index contributed by atoms with van der Waals surface area (Å²) in [6.07, 6.45) is 0.140. The highest BCUT2D eigenvalue weighted by Gasteiger charge is 2.16. The molecule has 6 nitrogen and oxygen atoms in total. The predicted molar refractivity (Wildman–Crippen MR) is 131 cm³/mol. The molecular formula is C26H30ClNO5. The molecule has 3 aromatic rings. The molecule has 0 radical (unpaired) electrons. The van der Waals surface area contributed by atoms with Crippen LogP contribution in [0.2, 0.25) is 0 Å². The first kappa shape index (κ1) is 26.2. The number of phenols is 1. The van der Waals surface area contributed by atoms with E-state index in [1.54, 1.807) is 42.5 Å². The second-order valence-corrected chi connectivity index (χ2v) is 7.68. The molecule has 3 aromatic carbocycles. The smallest absolute Gasteiger partial charge is 0.339 e. The molecule has 2 atom stereocenters. The highest BCUT2D eigenvalue weighted by Crippen LogP contribution is 2.28. The van der Waals surface area contributed by atoms with Gasteiger partial charge in [0.05, 0.1) is 12.7 Å². The molecule has 0 bridgehead atoms. The van der Waals surface area contributed by atoms with Crippen LogP contribution >= 0.6 is 12.4 Å². The van der Waals surface area contributed by atoms with Crippen molar-refractivity contribution in [2.24, 2.45) is 0 Å². The van der Waals surface area contributed by atoms with Crippen molar-refractivity contribution in [1.82, 2.24) is 5.32 Å². The van der Waals surface area contributed by atoms with E-state index in [1.807, 2.05) is 38.1 Å². The van der Waals surface area contributed by atoms with Gasteiger partial charge in [0.15, 0.2) is 0 Å². The molecular weight excluding hydrogens is 442 g/mol. The van der Waals surface area contributed by atoms with Gasteiger partial charge in [-0.2, -0.15) is 0 Å². The molecule has 0 aliphatic rings. The van der Waals surface area contributed by atoms with Crippen LogP contribution in [0.25, 0.3) is 11.1 Å². The second kappa shape index (κ2) is 12.3. The number of carbonyl (C=O) groups is 1. The summed E-state index contributed by atoms with van der Waals surface area (Å²) in [5.41, 5.74) is 3.94. The fourth-order valence-electron chi connectivity index (χ4n) is 3.53. The quantitative estimate of drug-likeness (QED) is 0.338. The lowest BCUT2D eigenvalue weighted by Gasteiger charge is -2.21. The number of carboxylic acids is 1. The Balaban J connectivity index is 0.00000385. The van der Waals surface area contributed by atoms with Crippen LogP contribution in [-0.2, 0) is 6.42 Å². The molecule has 7 heteroatoms. The van der Waals surface area contributed by atoms with E-state index in [9.17, 15) is 20.1 Å². The molecule has 0 spiro atoms. The number of aromatic carboxylic acids is 1. The van der Waals surface area contributed by atoms with Gasteiger partial charge in [0.2, 0.25) is 0 Å². The van der Waals surface area contributed by atoms with Crippen molar-refractivity contribution in [1.29, 1.82) is 0 Å². The Kier molecular flexibility index (Phi) is 9.73. The number of halogens is 1. The standard InChI is InChI=1S/C26H29NO5.ClH/c1-3-32-24-16-21(10-13-23(24)26(30)31)19-6-4-18(5-7-19)14-15-27-17(2)25(29)20-8-11-22(28)12-9-20;/h4-13,16-17,25,27-29H,3,14-15H2,1-2H3,(H,30,31);1H/t17-,25-;/m0./s1. The molecule has 176 valence electrons. The summed E-state index contributed by atoms with van der Waals surface area (Å²) in [6, 6.07) is 19.7. The summed E-state index contributed by atoms with van der Waals surface area (Å²) in [4.78, 5) is 11.4. The maximum Gasteiger partial charge on any atom is 0.339 e. The maximum absolute atomic E-state index is 11.4. The lowest BCUT2D eigenvalue weighted by molar-refractivity contribution is 0.0692. The minimum absolute atomic E-state index is 0. The van der Waals surface area contributed by atoms with E-state index in [1.165, 1.54) is 0 Å². The SMILES string of the molecule is CCOc1cc(-c2ccc(CCN[C@@H](C)[C@H](O)c3ccc(O)cc3)cc2)ccc1C(=O)O.Cl. The Morgan fingerprint density at radius 2 is 1.64 bits per heavy atom. The third-order valence-corrected chi connectivity index (χ3v) is 5.39. The van der Waals surface area contributed by atoms with Crippen LogP contribution in [0.5, 0.6) is 11.5 Å². The summed E-state index contributed by atoms with van der Waals surface area (Å²) in [5, 5.41) is 32.5. The molecule has 0 aliphatic heterocycles. The first-order valence-electron chi connectivity index (χ1n) is 10.7. The Morgan fingerprint density at radius 3 is 2.24 bits per heavy atom. The van der Waals surface area contributed by atoms with Crippen molar-refractivity contribution in [2.75, 3.05) is 13.2 Å². The van der Waals surface area contributed by atoms with Crippen LogP contribution in [0, 0.1) is 0 Å². The molecule has 0 saturated carbocycles. The number of aromatic hydroxyl groups is 1. The fourth-order valence-corrected chi connectivity index (χ4v) is 3.53. The maximum atomic E-state index is 11.4. The molecule has 33 heavy (non-hydrogen) atoms. The number of carboxylic acid groups (broad SMARTS) is 1. The third-order valence-electron chi connectivity index (χ3n) is 5.39. The van der Waals surface area contributed by atoms with E-state index in [-0.39, 0.29) is 29.8 Å². The molecule has 0 amide bonds. The van der Waals surface area contributed by atoms with Crippen LogP contribution in [0.15, 0.2) is 66.7 Å². The van der Waals surface area contributed by atoms with E-state index >= 15 is 0 Å². The Morgan fingerprint density at radius 1 is 1.00 bits per heavy atom. The molecule has 0 aromatic heterocycles. The molecule has 0 aliphatic carbocycles. The second-order valence-electron chi connectivity index (χ2n) is 7.68. The van der Waals surface area contributed by atoms with E-state index in [0.29, 0.717) is 18.9 Å². The number of phenolic OH excluding ortho intramolecular Hbond substituents is 1. The number of rotatable bonds is 10. The van der Waals surface area contributed by atoms with Gasteiger partial charge in [-0.15, -0.1) is 12.4 Å². The summed E-state index contributed by atoms with van der Waals surface area (Å²) < 4.78 is 5.49. The number of aliphatic hydroxyl groups is 1. The average Bonchev–Trinajstić information content (AvgIpc) is 2.79. The lowest BCUT2D eigenvalue weighted by atomic mass is 10.0. The van der Waals surface area contributed by atoms with Crippen LogP contribution in [0.4, 0.5) is 0 Å². The van der Waals surface area contributed by atoms with Gasteiger partial charge in [0.25, 0.3) is 0 Å². The van der Waals surface area contributed by atoms with Crippen molar-refractivity contribution in [3.63, 3.8) is 0 Å². The first-order valence-corrected chi connectivity index (χ1v) is 10.7. The van der Waals surface area contributed by atoms with Crippen molar-refractivity contribution >= 4 is 18.4 Å². The Labute approximate surface area is 200 Å². The Hall–Kier alpha value is -3.06. The summed E-state index contributed by atoms with van der Waals surface area (Å²) in [5.74, 6) is -0.462. The zero-order valence-corrected chi connectivity index (χ0v) is 19.5. The number of aliphatic hydroxyl groups excluding tert-OH is 1. The van der Waals surface area contributed by atoms with Crippen molar-refractivity contribution < 1.29 is 24.9 Å². The van der Waals surface area contributed by atoms with E-state index in [4.69, 9.17) is 4.74 Å². The third kappa shape index (κ3) is 6.96. The zero-order valence-electron chi connectivity index (χ0n) is 18.7. The van der Waals surface area contributed by atoms with Crippen LogP contribution in [0.1, 0.15) is 41.4 Å². The van der Waals surface area contributed by atoms with Crippen molar-refractivity contribution in [3.05, 3.63) is 83.4 Å². The number of benzene rings is 3. The topological polar surface area (TPSA) is 99.0 Å². The van der Waals surface area contributed by atoms with Crippen LogP contribution < -0.4 is 10.1 Å².